The van der Waals surface area contributed by atoms with E-state index in [1.807, 2.05) is 11.0 Å². The minimum atomic E-state index is -2.92. The highest BCUT2D eigenvalue weighted by atomic mass is 19.3. The van der Waals surface area contributed by atoms with E-state index in [-0.39, 0.29) is 24.2 Å². The van der Waals surface area contributed by atoms with E-state index in [2.05, 4.69) is 35.9 Å². The number of piperazine rings is 1. The largest absolute Gasteiger partial charge is 0.486 e. The number of rotatable bonds is 8. The van der Waals surface area contributed by atoms with E-state index < -0.39 is 12.5 Å². The number of anilines is 1. The van der Waals surface area contributed by atoms with Gasteiger partial charge in [0.1, 0.15) is 6.42 Å². The zero-order valence-electron chi connectivity index (χ0n) is 20.0. The van der Waals surface area contributed by atoms with Gasteiger partial charge in [-0.15, -0.1) is 0 Å². The summed E-state index contributed by atoms with van der Waals surface area (Å²) in [7, 11) is 0. The quantitative estimate of drug-likeness (QED) is 0.567. The molecule has 0 spiro atoms. The first-order chi connectivity index (χ1) is 16.9. The molecule has 1 saturated carbocycles. The maximum Gasteiger partial charge on any atom is 0.387 e. The van der Waals surface area contributed by atoms with Crippen LogP contribution < -0.4 is 20.1 Å². The van der Waals surface area contributed by atoms with Crippen molar-refractivity contribution in [3.8, 4) is 11.5 Å². The fourth-order valence-corrected chi connectivity index (χ4v) is 3.84. The molecule has 1 aliphatic carbocycles. The number of ether oxygens (including phenoxy) is 2. The van der Waals surface area contributed by atoms with Gasteiger partial charge in [0.2, 0.25) is 11.8 Å². The number of carbonyl (C=O) groups excluding carboxylic acids is 2. The number of primary amides is 1. The normalized spacial score (nSPS) is 15.7. The Labute approximate surface area is 204 Å². The third-order valence-electron chi connectivity index (χ3n) is 6.06. The molecular weight excluding hydrogens is 456 g/mol. The lowest BCUT2D eigenvalue weighted by atomic mass is 9.96. The molecule has 2 amide bonds. The topological polar surface area (TPSA) is 85.1 Å². The van der Waals surface area contributed by atoms with Crippen LogP contribution in [0.5, 0.6) is 11.5 Å². The van der Waals surface area contributed by atoms with Crippen LogP contribution in [0, 0.1) is 0 Å². The average Bonchev–Trinajstić information content (AvgIpc) is 2.82. The fourth-order valence-electron chi connectivity index (χ4n) is 3.84. The number of halogens is 2. The van der Waals surface area contributed by atoms with Crippen LogP contribution in [0.15, 0.2) is 48.5 Å². The first-order valence-electron chi connectivity index (χ1n) is 12.0. The summed E-state index contributed by atoms with van der Waals surface area (Å²) >= 11 is 0. The van der Waals surface area contributed by atoms with Crippen LogP contribution in [0.1, 0.15) is 38.2 Å². The summed E-state index contributed by atoms with van der Waals surface area (Å²) in [4.78, 5) is 26.4. The number of alkyl halides is 2. The molecule has 0 atom stereocenters. The molecule has 1 heterocycles. The Morgan fingerprint density at radius 3 is 2.23 bits per heavy atom. The SMILES string of the molecule is CCc1ccccc1.NC(=O)CC(=O)N1CCN(c2ccc(OC(F)F)c(OC3CCC3)c2)CC1. The summed E-state index contributed by atoms with van der Waals surface area (Å²) in [5, 5.41) is 0. The third kappa shape index (κ3) is 8.12. The van der Waals surface area contributed by atoms with Crippen molar-refractivity contribution in [3.05, 3.63) is 54.1 Å². The molecule has 190 valence electrons. The second-order valence-corrected chi connectivity index (χ2v) is 8.53. The van der Waals surface area contributed by atoms with Crippen molar-refractivity contribution in [2.45, 2.75) is 51.7 Å². The molecule has 7 nitrogen and oxygen atoms in total. The lowest BCUT2D eigenvalue weighted by molar-refractivity contribution is -0.135. The number of nitrogens with zero attached hydrogens (tertiary/aromatic N) is 2. The molecule has 2 aromatic carbocycles. The molecule has 9 heteroatoms. The van der Waals surface area contributed by atoms with E-state index in [4.69, 9.17) is 10.5 Å². The van der Waals surface area contributed by atoms with Crippen LogP contribution >= 0.6 is 0 Å². The Morgan fingerprint density at radius 2 is 1.71 bits per heavy atom. The number of carbonyl (C=O) groups is 2. The number of hydrogen-bond donors (Lipinski definition) is 1. The predicted octanol–water partition coefficient (Wildman–Crippen LogP) is 3.99. The van der Waals surface area contributed by atoms with Crippen molar-refractivity contribution in [2.75, 3.05) is 31.1 Å². The number of nitrogens with two attached hydrogens (primary N) is 1. The zero-order chi connectivity index (χ0) is 25.2. The summed E-state index contributed by atoms with van der Waals surface area (Å²) in [5.41, 5.74) is 7.29. The number of benzene rings is 2. The standard InChI is InChI=1S/C18H23F2N3O4.C8H10/c19-18(20)27-14-5-4-12(10-15(14)26-13-2-1-3-13)22-6-8-23(9-7-22)17(25)11-16(21)24;1-2-8-6-4-3-5-7-8/h4-5,10,13,18H,1-3,6-9,11H2,(H2,21,24);3-7H,2H2,1H3. The van der Waals surface area contributed by atoms with Crippen LogP contribution in [0.4, 0.5) is 14.5 Å². The molecular formula is C26H33F2N3O4. The van der Waals surface area contributed by atoms with E-state index >= 15 is 0 Å². The molecule has 0 unspecified atom stereocenters. The predicted molar refractivity (Wildman–Crippen MR) is 130 cm³/mol. The summed E-state index contributed by atoms with van der Waals surface area (Å²) in [6, 6.07) is 15.3. The molecule has 2 aromatic rings. The summed E-state index contributed by atoms with van der Waals surface area (Å²) in [5.74, 6) is -0.590. The smallest absolute Gasteiger partial charge is 0.387 e. The van der Waals surface area contributed by atoms with Gasteiger partial charge in [-0.2, -0.15) is 8.78 Å². The molecule has 0 aromatic heterocycles. The highest BCUT2D eigenvalue weighted by molar-refractivity contribution is 5.96. The van der Waals surface area contributed by atoms with Crippen molar-refractivity contribution in [1.82, 2.24) is 4.90 Å². The van der Waals surface area contributed by atoms with Crippen LogP contribution in [-0.2, 0) is 16.0 Å². The summed E-state index contributed by atoms with van der Waals surface area (Å²) < 4.78 is 35.7. The molecule has 1 saturated heterocycles. The van der Waals surface area contributed by atoms with E-state index in [0.717, 1.165) is 31.4 Å². The molecule has 2 aliphatic rings. The van der Waals surface area contributed by atoms with Gasteiger partial charge in [-0.05, 0) is 43.4 Å². The van der Waals surface area contributed by atoms with Gasteiger partial charge >= 0.3 is 6.61 Å². The van der Waals surface area contributed by atoms with Crippen molar-refractivity contribution in [1.29, 1.82) is 0 Å². The van der Waals surface area contributed by atoms with Crippen LogP contribution in [0.2, 0.25) is 0 Å². The minimum Gasteiger partial charge on any atom is -0.486 e. The molecule has 0 bridgehead atoms. The van der Waals surface area contributed by atoms with Crippen LogP contribution in [0.25, 0.3) is 0 Å². The van der Waals surface area contributed by atoms with Crippen molar-refractivity contribution in [3.63, 3.8) is 0 Å². The Balaban J connectivity index is 0.000000363. The van der Waals surface area contributed by atoms with Gasteiger partial charge in [-0.1, -0.05) is 37.3 Å². The van der Waals surface area contributed by atoms with E-state index in [9.17, 15) is 18.4 Å². The average molecular weight is 490 g/mol. The first-order valence-corrected chi connectivity index (χ1v) is 12.0. The van der Waals surface area contributed by atoms with E-state index in [1.165, 1.54) is 11.6 Å². The zero-order valence-corrected chi connectivity index (χ0v) is 20.0. The summed E-state index contributed by atoms with van der Waals surface area (Å²) in [6.07, 6.45) is 3.75. The minimum absolute atomic E-state index is 0.0240. The molecule has 2 N–H and O–H groups in total. The molecule has 35 heavy (non-hydrogen) atoms. The Hall–Kier alpha value is -3.36. The van der Waals surface area contributed by atoms with E-state index in [1.54, 1.807) is 17.0 Å². The maximum atomic E-state index is 12.6. The van der Waals surface area contributed by atoms with Crippen LogP contribution in [-0.4, -0.2) is 55.6 Å². The van der Waals surface area contributed by atoms with Crippen LogP contribution in [0.3, 0.4) is 0 Å². The number of hydrogen-bond acceptors (Lipinski definition) is 5. The molecule has 4 rings (SSSR count). The summed E-state index contributed by atoms with van der Waals surface area (Å²) in [6.45, 7) is 1.28. The second-order valence-electron chi connectivity index (χ2n) is 8.53. The third-order valence-corrected chi connectivity index (χ3v) is 6.06. The maximum absolute atomic E-state index is 12.6. The highest BCUT2D eigenvalue weighted by Crippen LogP contribution is 2.36. The van der Waals surface area contributed by atoms with Gasteiger partial charge in [-0.3, -0.25) is 9.59 Å². The Morgan fingerprint density at radius 1 is 1.03 bits per heavy atom. The van der Waals surface area contributed by atoms with Gasteiger partial charge in [0.15, 0.2) is 11.5 Å². The molecule has 0 radical (unpaired) electrons. The Bertz CT molecular complexity index is 962. The van der Waals surface area contributed by atoms with Gasteiger partial charge < -0.3 is 25.0 Å². The van der Waals surface area contributed by atoms with Crippen molar-refractivity contribution >= 4 is 17.5 Å². The van der Waals surface area contributed by atoms with Gasteiger partial charge in [0.25, 0.3) is 0 Å². The highest BCUT2D eigenvalue weighted by Gasteiger charge is 2.25. The van der Waals surface area contributed by atoms with Gasteiger partial charge in [0.05, 0.1) is 6.10 Å². The lowest BCUT2D eigenvalue weighted by Crippen LogP contribution is -2.49. The molecule has 2 fully saturated rings. The number of aryl methyl sites for hydroxylation is 1. The number of amides is 2. The second kappa shape index (κ2) is 12.9. The van der Waals surface area contributed by atoms with Gasteiger partial charge in [0, 0.05) is 37.9 Å². The van der Waals surface area contributed by atoms with Crippen molar-refractivity contribution in [2.24, 2.45) is 5.73 Å². The van der Waals surface area contributed by atoms with Gasteiger partial charge in [-0.25, -0.2) is 0 Å². The molecule has 1 aliphatic heterocycles. The van der Waals surface area contributed by atoms with E-state index in [0.29, 0.717) is 31.9 Å². The van der Waals surface area contributed by atoms with Crippen molar-refractivity contribution < 1.29 is 27.8 Å². The first kappa shape index (κ1) is 26.2. The fraction of sp³-hybridized carbons (Fsp3) is 0.462. The monoisotopic (exact) mass is 489 g/mol. The Kier molecular flexibility index (Phi) is 9.69. The lowest BCUT2D eigenvalue weighted by Gasteiger charge is -2.36.